The zero-order valence-corrected chi connectivity index (χ0v) is 8.37. The van der Waals surface area contributed by atoms with E-state index in [1.807, 2.05) is 0 Å². The molecule has 0 spiro atoms. The smallest absolute Gasteiger partial charge is 0.155 e. The van der Waals surface area contributed by atoms with Crippen LogP contribution in [-0.2, 0) is 0 Å². The van der Waals surface area contributed by atoms with E-state index < -0.39 is 19.5 Å². The van der Waals surface area contributed by atoms with E-state index in [1.165, 1.54) is 6.07 Å². The van der Waals surface area contributed by atoms with Crippen molar-refractivity contribution in [2.45, 2.75) is 13.0 Å². The van der Waals surface area contributed by atoms with Crippen LogP contribution in [0.1, 0.15) is 15.9 Å². The van der Waals surface area contributed by atoms with Crippen molar-refractivity contribution in [2.75, 3.05) is 13.3 Å². The summed E-state index contributed by atoms with van der Waals surface area (Å²) in [5, 5.41) is 0. The third-order valence-electron chi connectivity index (χ3n) is 1.97. The van der Waals surface area contributed by atoms with Crippen LogP contribution in [0.25, 0.3) is 0 Å². The Labute approximate surface area is 86.9 Å². The van der Waals surface area contributed by atoms with Gasteiger partial charge in [0, 0.05) is 5.56 Å². The van der Waals surface area contributed by atoms with Gasteiger partial charge in [0.2, 0.25) is 0 Å². The third-order valence-corrected chi connectivity index (χ3v) is 1.97. The summed E-state index contributed by atoms with van der Waals surface area (Å²) in [6.45, 7) is -0.0212. The Hall–Kier alpha value is -1.45. The highest BCUT2D eigenvalue weighted by Crippen LogP contribution is 2.20. The standard InChI is InChI=1S/C11H12F2O2/c1-8-4-9(7-14)2-3-11(8)15-10(5-12)6-13/h2-4,7,10H,5-6H2,1H3. The largest absolute Gasteiger partial charge is 0.485 e. The van der Waals surface area contributed by atoms with Crippen LogP contribution < -0.4 is 4.74 Å². The monoisotopic (exact) mass is 214 g/mol. The number of alkyl halides is 2. The summed E-state index contributed by atoms with van der Waals surface area (Å²) in [5.74, 6) is 0.404. The van der Waals surface area contributed by atoms with E-state index in [0.717, 1.165) is 0 Å². The van der Waals surface area contributed by atoms with E-state index in [2.05, 4.69) is 0 Å². The highest BCUT2D eigenvalue weighted by Gasteiger charge is 2.11. The summed E-state index contributed by atoms with van der Waals surface area (Å²) in [5.41, 5.74) is 1.20. The minimum atomic E-state index is -1.06. The molecule has 0 aromatic heterocycles. The van der Waals surface area contributed by atoms with Crippen molar-refractivity contribution >= 4 is 6.29 Å². The molecule has 1 aromatic carbocycles. The second-order valence-electron chi connectivity index (χ2n) is 3.19. The Morgan fingerprint density at radius 2 is 2.07 bits per heavy atom. The summed E-state index contributed by atoms with van der Waals surface area (Å²) in [6, 6.07) is 4.69. The number of carbonyl (C=O) groups is 1. The number of ether oxygens (including phenoxy) is 1. The van der Waals surface area contributed by atoms with E-state index in [9.17, 15) is 13.6 Å². The first-order valence-corrected chi connectivity index (χ1v) is 4.55. The van der Waals surface area contributed by atoms with Gasteiger partial charge in [-0.15, -0.1) is 0 Å². The van der Waals surface area contributed by atoms with Gasteiger partial charge in [-0.05, 0) is 30.7 Å². The number of aryl methyl sites for hydroxylation is 1. The highest BCUT2D eigenvalue weighted by molar-refractivity contribution is 5.75. The predicted octanol–water partition coefficient (Wildman–Crippen LogP) is 2.49. The molecular weight excluding hydrogens is 202 g/mol. The van der Waals surface area contributed by atoms with E-state index in [4.69, 9.17) is 4.74 Å². The van der Waals surface area contributed by atoms with Gasteiger partial charge in [0.15, 0.2) is 6.10 Å². The molecule has 0 saturated heterocycles. The maximum absolute atomic E-state index is 12.2. The first-order valence-electron chi connectivity index (χ1n) is 4.55. The molecular formula is C11H12F2O2. The summed E-state index contributed by atoms with van der Waals surface area (Å²) in [6.07, 6.45) is -0.357. The van der Waals surface area contributed by atoms with Crippen molar-refractivity contribution in [3.05, 3.63) is 29.3 Å². The van der Waals surface area contributed by atoms with E-state index in [1.54, 1.807) is 19.1 Å². The van der Waals surface area contributed by atoms with Crippen molar-refractivity contribution in [2.24, 2.45) is 0 Å². The Morgan fingerprint density at radius 1 is 1.40 bits per heavy atom. The lowest BCUT2D eigenvalue weighted by molar-refractivity contribution is 0.112. The van der Waals surface area contributed by atoms with Gasteiger partial charge in [-0.25, -0.2) is 8.78 Å². The molecule has 0 unspecified atom stereocenters. The minimum Gasteiger partial charge on any atom is -0.485 e. The number of rotatable bonds is 5. The van der Waals surface area contributed by atoms with Gasteiger partial charge in [0.1, 0.15) is 25.4 Å². The first kappa shape index (κ1) is 11.6. The molecule has 0 saturated carbocycles. The zero-order chi connectivity index (χ0) is 11.3. The SMILES string of the molecule is Cc1cc(C=O)ccc1OC(CF)CF. The van der Waals surface area contributed by atoms with Crippen LogP contribution in [-0.4, -0.2) is 25.7 Å². The molecule has 0 amide bonds. The van der Waals surface area contributed by atoms with Crippen LogP contribution in [0.15, 0.2) is 18.2 Å². The number of halogens is 2. The lowest BCUT2D eigenvalue weighted by Gasteiger charge is -2.14. The molecule has 0 aliphatic carbocycles. The second-order valence-corrected chi connectivity index (χ2v) is 3.19. The molecule has 0 atom stereocenters. The molecule has 2 nitrogen and oxygen atoms in total. The Bertz CT molecular complexity index is 335. The first-order chi connectivity index (χ1) is 7.21. The van der Waals surface area contributed by atoms with Crippen molar-refractivity contribution in [3.63, 3.8) is 0 Å². The van der Waals surface area contributed by atoms with Crippen molar-refractivity contribution in [1.82, 2.24) is 0 Å². The van der Waals surface area contributed by atoms with E-state index in [0.29, 0.717) is 23.2 Å². The minimum absolute atomic E-state index is 0.404. The van der Waals surface area contributed by atoms with Gasteiger partial charge in [-0.2, -0.15) is 0 Å². The molecule has 0 N–H and O–H groups in total. The predicted molar refractivity (Wildman–Crippen MR) is 52.9 cm³/mol. The van der Waals surface area contributed by atoms with Crippen LogP contribution in [0.4, 0.5) is 8.78 Å². The topological polar surface area (TPSA) is 26.3 Å². The molecule has 1 aromatic rings. The molecule has 0 fully saturated rings. The number of hydrogen-bond acceptors (Lipinski definition) is 2. The number of benzene rings is 1. The summed E-state index contributed by atoms with van der Waals surface area (Å²) >= 11 is 0. The molecule has 0 bridgehead atoms. The van der Waals surface area contributed by atoms with Gasteiger partial charge < -0.3 is 4.74 Å². The average Bonchev–Trinajstić information content (AvgIpc) is 2.27. The van der Waals surface area contributed by atoms with Crippen LogP contribution in [0.2, 0.25) is 0 Å². The molecule has 0 aliphatic rings. The molecule has 15 heavy (non-hydrogen) atoms. The van der Waals surface area contributed by atoms with Crippen LogP contribution in [0, 0.1) is 6.92 Å². The van der Waals surface area contributed by atoms with Crippen LogP contribution >= 0.6 is 0 Å². The Kier molecular flexibility index (Phi) is 4.21. The lowest BCUT2D eigenvalue weighted by atomic mass is 10.1. The third kappa shape index (κ3) is 3.01. The number of aldehydes is 1. The van der Waals surface area contributed by atoms with Gasteiger partial charge >= 0.3 is 0 Å². The fraction of sp³-hybridized carbons (Fsp3) is 0.364. The Morgan fingerprint density at radius 3 is 2.53 bits per heavy atom. The van der Waals surface area contributed by atoms with Crippen molar-refractivity contribution in [3.8, 4) is 5.75 Å². The average molecular weight is 214 g/mol. The summed E-state index contributed by atoms with van der Waals surface area (Å²) in [7, 11) is 0. The zero-order valence-electron chi connectivity index (χ0n) is 8.37. The number of hydrogen-bond donors (Lipinski definition) is 0. The van der Waals surface area contributed by atoms with Gasteiger partial charge in [-0.3, -0.25) is 4.79 Å². The van der Waals surface area contributed by atoms with Crippen LogP contribution in [0.3, 0.4) is 0 Å². The van der Waals surface area contributed by atoms with Gasteiger partial charge in [0.25, 0.3) is 0 Å². The molecule has 4 heteroatoms. The molecule has 0 radical (unpaired) electrons. The summed E-state index contributed by atoms with van der Waals surface area (Å²) in [4.78, 5) is 10.4. The van der Waals surface area contributed by atoms with Crippen molar-refractivity contribution < 1.29 is 18.3 Å². The quantitative estimate of drug-likeness (QED) is 0.704. The molecule has 1 rings (SSSR count). The second kappa shape index (κ2) is 5.44. The van der Waals surface area contributed by atoms with Gasteiger partial charge in [0.05, 0.1) is 0 Å². The number of carbonyl (C=O) groups excluding carboxylic acids is 1. The molecule has 82 valence electrons. The normalized spacial score (nSPS) is 10.4. The summed E-state index contributed by atoms with van der Waals surface area (Å²) < 4.78 is 29.5. The maximum atomic E-state index is 12.2. The van der Waals surface area contributed by atoms with E-state index in [-0.39, 0.29) is 0 Å². The fourth-order valence-electron chi connectivity index (χ4n) is 1.16. The van der Waals surface area contributed by atoms with Gasteiger partial charge in [-0.1, -0.05) is 0 Å². The maximum Gasteiger partial charge on any atom is 0.155 e. The molecule has 0 heterocycles. The Balaban J connectivity index is 2.81. The highest BCUT2D eigenvalue weighted by atomic mass is 19.1. The van der Waals surface area contributed by atoms with E-state index >= 15 is 0 Å². The van der Waals surface area contributed by atoms with Crippen molar-refractivity contribution in [1.29, 1.82) is 0 Å². The van der Waals surface area contributed by atoms with Crippen LogP contribution in [0.5, 0.6) is 5.75 Å². The lowest BCUT2D eigenvalue weighted by Crippen LogP contribution is -2.21. The molecule has 0 aliphatic heterocycles. The fourth-order valence-corrected chi connectivity index (χ4v) is 1.16.